The van der Waals surface area contributed by atoms with Crippen molar-refractivity contribution < 1.29 is 9.31 Å². The van der Waals surface area contributed by atoms with Gasteiger partial charge < -0.3 is 9.31 Å². The molecule has 2 nitrogen and oxygen atoms in total. The van der Waals surface area contributed by atoms with Gasteiger partial charge in [-0.1, -0.05) is 51.2 Å². The molecule has 86 valence electrons. The van der Waals surface area contributed by atoms with Gasteiger partial charge in [0.25, 0.3) is 0 Å². The quantitative estimate of drug-likeness (QED) is 0.532. The Balaban J connectivity index is 1.67. The first-order chi connectivity index (χ1) is 7.90. The van der Waals surface area contributed by atoms with Crippen LogP contribution in [0.15, 0.2) is 24.3 Å². The lowest BCUT2D eigenvalue weighted by molar-refractivity contribution is 0.488. The lowest BCUT2D eigenvalue weighted by Crippen LogP contribution is -2.23. The Morgan fingerprint density at radius 1 is 0.938 bits per heavy atom. The van der Waals surface area contributed by atoms with Crippen molar-refractivity contribution in [2.75, 3.05) is 0 Å². The summed E-state index contributed by atoms with van der Waals surface area (Å²) in [6.07, 6.45) is 7.44. The van der Waals surface area contributed by atoms with Gasteiger partial charge in [0.2, 0.25) is 0 Å². The van der Waals surface area contributed by atoms with E-state index in [1.165, 1.54) is 32.1 Å². The first-order valence-electron chi connectivity index (χ1n) is 6.32. The summed E-state index contributed by atoms with van der Waals surface area (Å²) in [5.74, 6) is 1.78. The highest BCUT2D eigenvalue weighted by atomic mass is 16.6. The molecular formula is C13H19BO2. The van der Waals surface area contributed by atoms with Crippen molar-refractivity contribution in [2.45, 2.75) is 45.3 Å². The maximum absolute atomic E-state index is 5.69. The lowest BCUT2D eigenvalue weighted by Gasteiger charge is -2.04. The van der Waals surface area contributed by atoms with E-state index in [-0.39, 0.29) is 7.12 Å². The molecule has 1 aromatic carbocycles. The fourth-order valence-corrected chi connectivity index (χ4v) is 1.98. The van der Waals surface area contributed by atoms with E-state index >= 15 is 0 Å². The van der Waals surface area contributed by atoms with Gasteiger partial charge in [0.05, 0.1) is 0 Å². The average Bonchev–Trinajstić information content (AvgIpc) is 2.71. The monoisotopic (exact) mass is 218 g/mol. The normalized spacial score (nSPS) is 13.2. The smallest absolute Gasteiger partial charge is 0.523 e. The van der Waals surface area contributed by atoms with Gasteiger partial charge in [-0.25, -0.2) is 0 Å². The SMILES string of the molecule is CCCCCCCB1Oc2ccccc2O1. The second kappa shape index (κ2) is 5.83. The Labute approximate surface area is 98.1 Å². The summed E-state index contributed by atoms with van der Waals surface area (Å²) in [5.41, 5.74) is 0. The molecule has 1 heterocycles. The van der Waals surface area contributed by atoms with Crippen LogP contribution < -0.4 is 9.31 Å². The number of unbranched alkanes of at least 4 members (excludes halogenated alkanes) is 4. The molecule has 0 N–H and O–H groups in total. The van der Waals surface area contributed by atoms with Crippen LogP contribution in [-0.2, 0) is 0 Å². The van der Waals surface area contributed by atoms with E-state index in [0.29, 0.717) is 0 Å². The van der Waals surface area contributed by atoms with E-state index in [2.05, 4.69) is 6.92 Å². The summed E-state index contributed by atoms with van der Waals surface area (Å²) in [4.78, 5) is 0. The summed E-state index contributed by atoms with van der Waals surface area (Å²) < 4.78 is 11.4. The molecule has 0 fully saturated rings. The first-order valence-corrected chi connectivity index (χ1v) is 6.32. The highest BCUT2D eigenvalue weighted by Crippen LogP contribution is 2.33. The molecule has 1 aliphatic heterocycles. The van der Waals surface area contributed by atoms with Crippen molar-refractivity contribution in [2.24, 2.45) is 0 Å². The van der Waals surface area contributed by atoms with E-state index in [9.17, 15) is 0 Å². The van der Waals surface area contributed by atoms with Crippen LogP contribution in [0.2, 0.25) is 6.32 Å². The van der Waals surface area contributed by atoms with Crippen LogP contribution in [0.1, 0.15) is 39.0 Å². The molecule has 0 atom stereocenters. The zero-order valence-electron chi connectivity index (χ0n) is 9.95. The molecule has 3 heteroatoms. The third kappa shape index (κ3) is 2.94. The molecule has 0 aliphatic carbocycles. The molecule has 0 unspecified atom stereocenters. The standard InChI is InChI=1S/C13H19BO2/c1-2-3-4-5-8-11-14-15-12-9-6-7-10-13(12)16-14/h6-7,9-10H,2-5,8,11H2,1H3. The minimum atomic E-state index is -0.0565. The van der Waals surface area contributed by atoms with Gasteiger partial charge in [0.15, 0.2) is 0 Å². The fraction of sp³-hybridized carbons (Fsp3) is 0.538. The van der Waals surface area contributed by atoms with Crippen LogP contribution in [0, 0.1) is 0 Å². The van der Waals surface area contributed by atoms with Crippen LogP contribution in [0.25, 0.3) is 0 Å². The maximum atomic E-state index is 5.69. The Morgan fingerprint density at radius 3 is 2.19 bits per heavy atom. The van der Waals surface area contributed by atoms with Crippen LogP contribution in [0.5, 0.6) is 11.5 Å². The van der Waals surface area contributed by atoms with Crippen LogP contribution >= 0.6 is 0 Å². The summed E-state index contributed by atoms with van der Waals surface area (Å²) in [6, 6.07) is 7.89. The average molecular weight is 218 g/mol. The summed E-state index contributed by atoms with van der Waals surface area (Å²) in [6.45, 7) is 2.24. The van der Waals surface area contributed by atoms with Crippen molar-refractivity contribution in [3.05, 3.63) is 24.3 Å². The van der Waals surface area contributed by atoms with Crippen molar-refractivity contribution >= 4 is 7.12 Å². The molecule has 0 saturated carbocycles. The minimum Gasteiger partial charge on any atom is -0.523 e. The Hall–Kier alpha value is -1.12. The van der Waals surface area contributed by atoms with Gasteiger partial charge in [-0.2, -0.15) is 0 Å². The first kappa shape index (κ1) is 11.4. The van der Waals surface area contributed by atoms with Crippen LogP contribution in [0.4, 0.5) is 0 Å². The molecule has 0 spiro atoms. The van der Waals surface area contributed by atoms with E-state index in [1.807, 2.05) is 24.3 Å². The number of rotatable bonds is 6. The van der Waals surface area contributed by atoms with Crippen molar-refractivity contribution in [3.63, 3.8) is 0 Å². The lowest BCUT2D eigenvalue weighted by atomic mass is 9.82. The van der Waals surface area contributed by atoms with Gasteiger partial charge in [-0.3, -0.25) is 0 Å². The molecule has 1 aromatic rings. The number of hydrogen-bond donors (Lipinski definition) is 0. The molecule has 2 rings (SSSR count). The van der Waals surface area contributed by atoms with Gasteiger partial charge in [0, 0.05) is 6.32 Å². The highest BCUT2D eigenvalue weighted by molar-refractivity contribution is 6.47. The predicted octanol–water partition coefficient (Wildman–Crippen LogP) is 3.92. The number of hydrogen-bond acceptors (Lipinski definition) is 2. The van der Waals surface area contributed by atoms with E-state index < -0.39 is 0 Å². The second-order valence-corrected chi connectivity index (χ2v) is 4.31. The van der Waals surface area contributed by atoms with Crippen molar-refractivity contribution in [1.29, 1.82) is 0 Å². The predicted molar refractivity (Wildman–Crippen MR) is 67.0 cm³/mol. The van der Waals surface area contributed by atoms with Crippen LogP contribution in [-0.4, -0.2) is 7.12 Å². The van der Waals surface area contributed by atoms with Gasteiger partial charge in [-0.15, -0.1) is 0 Å². The number of fused-ring (bicyclic) bond motifs is 1. The van der Waals surface area contributed by atoms with Crippen LogP contribution in [0.3, 0.4) is 0 Å². The maximum Gasteiger partial charge on any atom is 0.594 e. The molecule has 1 aliphatic rings. The molecule has 0 aromatic heterocycles. The molecule has 0 radical (unpaired) electrons. The topological polar surface area (TPSA) is 18.5 Å². The van der Waals surface area contributed by atoms with Crippen molar-refractivity contribution in [3.8, 4) is 11.5 Å². The number of benzene rings is 1. The van der Waals surface area contributed by atoms with Gasteiger partial charge in [0.1, 0.15) is 11.5 Å². The van der Waals surface area contributed by atoms with E-state index in [1.54, 1.807) is 0 Å². The van der Waals surface area contributed by atoms with E-state index in [0.717, 1.165) is 17.8 Å². The third-order valence-corrected chi connectivity index (χ3v) is 2.91. The summed E-state index contributed by atoms with van der Waals surface area (Å²) >= 11 is 0. The molecule has 16 heavy (non-hydrogen) atoms. The molecule has 0 amide bonds. The Kier molecular flexibility index (Phi) is 4.14. The minimum absolute atomic E-state index is 0.0565. The zero-order valence-corrected chi connectivity index (χ0v) is 9.95. The Morgan fingerprint density at radius 2 is 1.56 bits per heavy atom. The highest BCUT2D eigenvalue weighted by Gasteiger charge is 2.30. The molecule has 0 bridgehead atoms. The summed E-state index contributed by atoms with van der Waals surface area (Å²) in [7, 11) is -0.0565. The molecular weight excluding hydrogens is 199 g/mol. The zero-order chi connectivity index (χ0) is 11.2. The van der Waals surface area contributed by atoms with E-state index in [4.69, 9.17) is 9.31 Å². The third-order valence-electron chi connectivity index (χ3n) is 2.91. The molecule has 0 saturated heterocycles. The van der Waals surface area contributed by atoms with Gasteiger partial charge >= 0.3 is 7.12 Å². The number of para-hydroxylation sites is 2. The Bertz CT molecular complexity index is 302. The second-order valence-electron chi connectivity index (χ2n) is 4.31. The summed E-state index contributed by atoms with van der Waals surface area (Å²) in [5, 5.41) is 0. The van der Waals surface area contributed by atoms with Crippen molar-refractivity contribution in [1.82, 2.24) is 0 Å². The van der Waals surface area contributed by atoms with Gasteiger partial charge in [-0.05, 0) is 12.1 Å². The fourth-order valence-electron chi connectivity index (χ4n) is 1.98. The largest absolute Gasteiger partial charge is 0.594 e.